The Morgan fingerprint density at radius 3 is 2.74 bits per heavy atom. The van der Waals surface area contributed by atoms with Gasteiger partial charge in [0.1, 0.15) is 18.5 Å². The molecule has 3 heterocycles. The van der Waals surface area contributed by atoms with Gasteiger partial charge < -0.3 is 24.4 Å². The summed E-state index contributed by atoms with van der Waals surface area (Å²) in [4.78, 5) is 22.3. The van der Waals surface area contributed by atoms with Crippen LogP contribution in [0.15, 0.2) is 67.1 Å². The standard InChI is InChI=1S/C23H24N4O4/c1-29-10-11-30-20-6-2-4-17(12-20)18-7-8-22(25-13-18)31-21-15-27(16-21)23(28)26-19-5-3-9-24-14-19/h2-9,12-14,21H,10-11,15-16H2,1H3,(H,26,28). The number of ether oxygens (including phenoxy) is 3. The lowest BCUT2D eigenvalue weighted by atomic mass is 10.1. The molecule has 2 amide bonds. The Labute approximate surface area is 180 Å². The number of nitrogens with one attached hydrogen (secondary N) is 1. The van der Waals surface area contributed by atoms with Gasteiger partial charge in [0.15, 0.2) is 0 Å². The highest BCUT2D eigenvalue weighted by atomic mass is 16.5. The maximum atomic E-state index is 12.2. The van der Waals surface area contributed by atoms with Crippen LogP contribution in [0, 0.1) is 0 Å². The van der Waals surface area contributed by atoms with E-state index in [1.54, 1.807) is 42.7 Å². The molecule has 0 saturated carbocycles. The fourth-order valence-corrected chi connectivity index (χ4v) is 3.12. The second-order valence-corrected chi connectivity index (χ2v) is 7.07. The second kappa shape index (κ2) is 9.90. The maximum Gasteiger partial charge on any atom is 0.322 e. The molecule has 8 heteroatoms. The molecule has 0 unspecified atom stereocenters. The number of anilines is 1. The Kier molecular flexibility index (Phi) is 6.59. The van der Waals surface area contributed by atoms with Gasteiger partial charge in [0.25, 0.3) is 0 Å². The summed E-state index contributed by atoms with van der Waals surface area (Å²) in [6, 6.07) is 15.0. The molecule has 1 aliphatic rings. The first-order valence-corrected chi connectivity index (χ1v) is 10.0. The molecule has 4 rings (SSSR count). The van der Waals surface area contributed by atoms with Gasteiger partial charge in [-0.05, 0) is 35.9 Å². The molecule has 3 aromatic rings. The fraction of sp³-hybridized carbons (Fsp3) is 0.261. The zero-order chi connectivity index (χ0) is 21.5. The smallest absolute Gasteiger partial charge is 0.322 e. The van der Waals surface area contributed by atoms with Crippen LogP contribution in [-0.4, -0.2) is 60.4 Å². The summed E-state index contributed by atoms with van der Waals surface area (Å²) < 4.78 is 16.5. The van der Waals surface area contributed by atoms with Crippen LogP contribution in [0.4, 0.5) is 10.5 Å². The molecule has 0 aliphatic carbocycles. The van der Waals surface area contributed by atoms with Gasteiger partial charge in [0.2, 0.25) is 5.88 Å². The number of likely N-dealkylation sites (tertiary alicyclic amines) is 1. The number of rotatable bonds is 8. The third-order valence-corrected chi connectivity index (χ3v) is 4.80. The topological polar surface area (TPSA) is 85.8 Å². The van der Waals surface area contributed by atoms with Gasteiger partial charge in [0, 0.05) is 31.1 Å². The third kappa shape index (κ3) is 5.49. The van der Waals surface area contributed by atoms with Crippen LogP contribution in [0.25, 0.3) is 11.1 Å². The van der Waals surface area contributed by atoms with Crippen molar-refractivity contribution in [1.29, 1.82) is 0 Å². The number of amides is 2. The highest BCUT2D eigenvalue weighted by molar-refractivity contribution is 5.89. The normalized spacial score (nSPS) is 13.4. The monoisotopic (exact) mass is 420 g/mol. The number of methoxy groups -OCH3 is 1. The van der Waals surface area contributed by atoms with E-state index in [0.717, 1.165) is 16.9 Å². The first kappa shape index (κ1) is 20.6. The van der Waals surface area contributed by atoms with Crippen molar-refractivity contribution < 1.29 is 19.0 Å². The Hall–Kier alpha value is -3.65. The number of aromatic nitrogens is 2. The van der Waals surface area contributed by atoms with E-state index in [0.29, 0.717) is 37.9 Å². The first-order valence-electron chi connectivity index (χ1n) is 10.0. The largest absolute Gasteiger partial charge is 0.491 e. The van der Waals surface area contributed by atoms with Crippen LogP contribution in [0.5, 0.6) is 11.6 Å². The molecule has 0 radical (unpaired) electrons. The zero-order valence-electron chi connectivity index (χ0n) is 17.2. The molecule has 2 aromatic heterocycles. The minimum atomic E-state index is -0.163. The van der Waals surface area contributed by atoms with E-state index < -0.39 is 0 Å². The quantitative estimate of drug-likeness (QED) is 0.562. The van der Waals surface area contributed by atoms with Gasteiger partial charge in [-0.25, -0.2) is 9.78 Å². The molecule has 160 valence electrons. The molecule has 0 bridgehead atoms. The lowest BCUT2D eigenvalue weighted by molar-refractivity contribution is 0.0461. The Balaban J connectivity index is 1.27. The Morgan fingerprint density at radius 2 is 2.00 bits per heavy atom. The molecule has 8 nitrogen and oxygen atoms in total. The highest BCUT2D eigenvalue weighted by Crippen LogP contribution is 2.25. The van der Waals surface area contributed by atoms with E-state index >= 15 is 0 Å². The summed E-state index contributed by atoms with van der Waals surface area (Å²) >= 11 is 0. The summed E-state index contributed by atoms with van der Waals surface area (Å²) in [6.07, 6.45) is 4.97. The van der Waals surface area contributed by atoms with Crippen molar-refractivity contribution in [2.24, 2.45) is 0 Å². The summed E-state index contributed by atoms with van der Waals surface area (Å²) in [5.74, 6) is 1.32. The predicted molar refractivity (Wildman–Crippen MR) is 116 cm³/mol. The molecule has 0 atom stereocenters. The summed E-state index contributed by atoms with van der Waals surface area (Å²) in [5.41, 5.74) is 2.65. The number of carbonyl (C=O) groups is 1. The average Bonchev–Trinajstić information content (AvgIpc) is 2.77. The Bertz CT molecular complexity index is 992. The molecule has 1 aromatic carbocycles. The van der Waals surface area contributed by atoms with Gasteiger partial charge >= 0.3 is 6.03 Å². The molecular weight excluding hydrogens is 396 g/mol. The summed E-state index contributed by atoms with van der Waals surface area (Å²) in [5, 5.41) is 2.81. The van der Waals surface area contributed by atoms with Crippen molar-refractivity contribution in [2.45, 2.75) is 6.10 Å². The maximum absolute atomic E-state index is 12.2. The van der Waals surface area contributed by atoms with Crippen molar-refractivity contribution in [1.82, 2.24) is 14.9 Å². The van der Waals surface area contributed by atoms with Crippen molar-refractivity contribution >= 4 is 11.7 Å². The fourth-order valence-electron chi connectivity index (χ4n) is 3.12. The lowest BCUT2D eigenvalue weighted by Crippen LogP contribution is -2.57. The summed E-state index contributed by atoms with van der Waals surface area (Å²) in [7, 11) is 1.65. The van der Waals surface area contributed by atoms with E-state index in [1.165, 1.54) is 0 Å². The number of carbonyl (C=O) groups excluding carboxylic acids is 1. The highest BCUT2D eigenvalue weighted by Gasteiger charge is 2.32. The molecular formula is C23H24N4O4. The van der Waals surface area contributed by atoms with Crippen molar-refractivity contribution in [3.05, 3.63) is 67.1 Å². The molecule has 1 N–H and O–H groups in total. The summed E-state index contributed by atoms with van der Waals surface area (Å²) in [6.45, 7) is 2.07. The SMILES string of the molecule is COCCOc1cccc(-c2ccc(OC3CN(C(=O)Nc4cccnc4)C3)nc2)c1. The van der Waals surface area contributed by atoms with Gasteiger partial charge in [-0.15, -0.1) is 0 Å². The van der Waals surface area contributed by atoms with Crippen LogP contribution in [0.2, 0.25) is 0 Å². The number of pyridine rings is 2. The van der Waals surface area contributed by atoms with Crippen molar-refractivity contribution in [3.8, 4) is 22.8 Å². The van der Waals surface area contributed by atoms with Gasteiger partial charge in [-0.3, -0.25) is 4.98 Å². The van der Waals surface area contributed by atoms with E-state index in [9.17, 15) is 4.79 Å². The first-order chi connectivity index (χ1) is 15.2. The number of hydrogen-bond donors (Lipinski definition) is 1. The average molecular weight is 420 g/mol. The minimum absolute atomic E-state index is 0.0736. The zero-order valence-corrected chi connectivity index (χ0v) is 17.2. The second-order valence-electron chi connectivity index (χ2n) is 7.07. The number of urea groups is 1. The third-order valence-electron chi connectivity index (χ3n) is 4.80. The van der Waals surface area contributed by atoms with Crippen LogP contribution >= 0.6 is 0 Å². The van der Waals surface area contributed by atoms with Crippen molar-refractivity contribution in [3.63, 3.8) is 0 Å². The molecule has 1 fully saturated rings. The Morgan fingerprint density at radius 1 is 1.10 bits per heavy atom. The van der Waals surface area contributed by atoms with E-state index in [2.05, 4.69) is 15.3 Å². The molecule has 1 saturated heterocycles. The molecule has 0 spiro atoms. The minimum Gasteiger partial charge on any atom is -0.491 e. The van der Waals surface area contributed by atoms with Gasteiger partial charge in [0.05, 0.1) is 31.6 Å². The van der Waals surface area contributed by atoms with Gasteiger partial charge in [-0.2, -0.15) is 0 Å². The van der Waals surface area contributed by atoms with E-state index in [1.807, 2.05) is 36.4 Å². The predicted octanol–water partition coefficient (Wildman–Crippen LogP) is 3.46. The molecule has 1 aliphatic heterocycles. The number of nitrogens with zero attached hydrogens (tertiary/aromatic N) is 3. The van der Waals surface area contributed by atoms with Crippen LogP contribution in [-0.2, 0) is 4.74 Å². The lowest BCUT2D eigenvalue weighted by Gasteiger charge is -2.38. The molecule has 31 heavy (non-hydrogen) atoms. The number of benzene rings is 1. The van der Waals surface area contributed by atoms with Crippen molar-refractivity contribution in [2.75, 3.05) is 38.7 Å². The van der Waals surface area contributed by atoms with Crippen LogP contribution in [0.1, 0.15) is 0 Å². The van der Waals surface area contributed by atoms with Gasteiger partial charge in [-0.1, -0.05) is 12.1 Å². The van der Waals surface area contributed by atoms with Crippen LogP contribution in [0.3, 0.4) is 0 Å². The van der Waals surface area contributed by atoms with Crippen LogP contribution < -0.4 is 14.8 Å². The number of hydrogen-bond acceptors (Lipinski definition) is 6. The van der Waals surface area contributed by atoms with E-state index in [4.69, 9.17) is 14.2 Å². The van der Waals surface area contributed by atoms with E-state index in [-0.39, 0.29) is 12.1 Å².